The zero-order chi connectivity index (χ0) is 8.41. The summed E-state index contributed by atoms with van der Waals surface area (Å²) in [6.45, 7) is 0.410. The molecule has 0 spiro atoms. The van der Waals surface area contributed by atoms with Crippen LogP contribution in [0.3, 0.4) is 0 Å². The predicted octanol–water partition coefficient (Wildman–Crippen LogP) is -1.38. The lowest BCUT2D eigenvalue weighted by Crippen LogP contribution is -2.37. The van der Waals surface area contributed by atoms with Gasteiger partial charge in [0.05, 0.1) is 6.61 Å². The summed E-state index contributed by atoms with van der Waals surface area (Å²) < 4.78 is 28.4. The molecule has 0 bridgehead atoms. The summed E-state index contributed by atoms with van der Waals surface area (Å²) in [7, 11) is -4.20. The van der Waals surface area contributed by atoms with E-state index in [2.05, 4.69) is 0 Å². The number of rotatable bonds is 3. The van der Waals surface area contributed by atoms with Crippen LogP contribution >= 0.6 is 0 Å². The van der Waals surface area contributed by atoms with Crippen LogP contribution in [0.2, 0.25) is 0 Å². The van der Waals surface area contributed by atoms with E-state index in [-0.39, 0.29) is 0 Å². The quantitative estimate of drug-likeness (QED) is 0.454. The number of hydrogen-bond acceptors (Lipinski definition) is 4. The zero-order valence-corrected chi connectivity index (χ0v) is 6.30. The second-order valence-corrected chi connectivity index (χ2v) is 3.83. The first-order valence-corrected chi connectivity index (χ1v) is 4.16. The molecule has 0 aromatic heterocycles. The molecule has 1 unspecified atom stereocenters. The monoisotopic (exact) mass is 170 g/mol. The van der Waals surface area contributed by atoms with Gasteiger partial charge in [-0.15, -0.1) is 0 Å². The highest BCUT2D eigenvalue weighted by atomic mass is 32.2. The third kappa shape index (κ3) is 4.68. The van der Waals surface area contributed by atoms with Crippen LogP contribution in [0, 0.1) is 0 Å². The summed E-state index contributed by atoms with van der Waals surface area (Å²) in [6.07, 6.45) is 0. The van der Waals surface area contributed by atoms with Gasteiger partial charge in [0.2, 0.25) is 0 Å². The second-order valence-electron chi connectivity index (χ2n) is 2.38. The first kappa shape index (κ1) is 9.83. The first-order valence-electron chi connectivity index (χ1n) is 2.55. The summed E-state index contributed by atoms with van der Waals surface area (Å²) in [4.78, 5) is 0. The Hall–Kier alpha value is -0.170. The van der Waals surface area contributed by atoms with Gasteiger partial charge >= 0.3 is 0 Å². The van der Waals surface area contributed by atoms with Gasteiger partial charge < -0.3 is 10.2 Å². The Bertz CT molecular complexity index is 192. The molecule has 3 N–H and O–H groups in total. The van der Waals surface area contributed by atoms with Crippen molar-refractivity contribution in [2.75, 3.05) is 12.4 Å². The van der Waals surface area contributed by atoms with Gasteiger partial charge in [0.25, 0.3) is 10.1 Å². The van der Waals surface area contributed by atoms with Crippen molar-refractivity contribution in [1.29, 1.82) is 0 Å². The van der Waals surface area contributed by atoms with Crippen LogP contribution in [-0.2, 0) is 10.1 Å². The van der Waals surface area contributed by atoms with Gasteiger partial charge in [-0.05, 0) is 6.92 Å². The molecule has 0 aliphatic rings. The smallest absolute Gasteiger partial charge is 0.267 e. The molecule has 0 heterocycles. The average molecular weight is 170 g/mol. The van der Waals surface area contributed by atoms with Crippen molar-refractivity contribution in [2.45, 2.75) is 12.5 Å². The van der Waals surface area contributed by atoms with Crippen molar-refractivity contribution in [3.63, 3.8) is 0 Å². The molecule has 6 heteroatoms. The molecule has 0 saturated heterocycles. The molecule has 0 aliphatic heterocycles. The molecule has 0 saturated carbocycles. The van der Waals surface area contributed by atoms with Crippen LogP contribution in [0.25, 0.3) is 0 Å². The van der Waals surface area contributed by atoms with Crippen molar-refractivity contribution >= 4 is 10.1 Å². The number of aliphatic hydroxyl groups is 2. The Labute approximate surface area is 59.1 Å². The van der Waals surface area contributed by atoms with Crippen molar-refractivity contribution < 1.29 is 23.2 Å². The van der Waals surface area contributed by atoms with E-state index in [0.29, 0.717) is 0 Å². The van der Waals surface area contributed by atoms with Crippen LogP contribution in [0.1, 0.15) is 6.92 Å². The maximum atomic E-state index is 10.1. The fraction of sp³-hybridized carbons (Fsp3) is 1.00. The van der Waals surface area contributed by atoms with Gasteiger partial charge in [-0.2, -0.15) is 8.42 Å². The van der Waals surface area contributed by atoms with E-state index in [1.54, 1.807) is 0 Å². The highest BCUT2D eigenvalue weighted by Crippen LogP contribution is 2.04. The van der Waals surface area contributed by atoms with E-state index in [0.717, 1.165) is 6.92 Å². The minimum atomic E-state index is -4.20. The van der Waals surface area contributed by atoms with Crippen LogP contribution in [0.15, 0.2) is 0 Å². The maximum absolute atomic E-state index is 10.1. The molecule has 0 rings (SSSR count). The lowest BCUT2D eigenvalue weighted by atomic mass is 10.2. The third-order valence-corrected chi connectivity index (χ3v) is 1.82. The molecule has 5 nitrogen and oxygen atoms in total. The minimum absolute atomic E-state index is 0.702. The van der Waals surface area contributed by atoms with E-state index < -0.39 is 28.1 Å². The Morgan fingerprint density at radius 2 is 1.90 bits per heavy atom. The second kappa shape index (κ2) is 2.83. The molecule has 0 aliphatic carbocycles. The predicted molar refractivity (Wildman–Crippen MR) is 34.1 cm³/mol. The molecule has 0 aromatic rings. The summed E-state index contributed by atoms with van der Waals surface area (Å²) in [5.74, 6) is -0.851. The SMILES string of the molecule is CC(O)(CO)CS(=O)(=O)O. The van der Waals surface area contributed by atoms with E-state index in [1.165, 1.54) is 0 Å². The Balaban J connectivity index is 4.16. The first-order chi connectivity index (χ1) is 4.27. The molecule has 0 radical (unpaired) electrons. The molecule has 0 amide bonds. The lowest BCUT2D eigenvalue weighted by molar-refractivity contribution is 0.0200. The summed E-state index contributed by atoms with van der Waals surface area (Å²) in [6, 6.07) is 0. The van der Waals surface area contributed by atoms with Crippen molar-refractivity contribution in [3.05, 3.63) is 0 Å². The molecule has 62 valence electrons. The zero-order valence-electron chi connectivity index (χ0n) is 5.48. The third-order valence-electron chi connectivity index (χ3n) is 0.834. The Morgan fingerprint density at radius 1 is 1.50 bits per heavy atom. The van der Waals surface area contributed by atoms with Gasteiger partial charge in [0.15, 0.2) is 0 Å². The lowest BCUT2D eigenvalue weighted by Gasteiger charge is -2.17. The maximum Gasteiger partial charge on any atom is 0.267 e. The fourth-order valence-corrected chi connectivity index (χ4v) is 1.32. The normalized spacial score (nSPS) is 18.4. The van der Waals surface area contributed by atoms with Gasteiger partial charge in [0.1, 0.15) is 11.4 Å². The highest BCUT2D eigenvalue weighted by Gasteiger charge is 2.25. The van der Waals surface area contributed by atoms with E-state index >= 15 is 0 Å². The molecule has 1 atom stereocenters. The van der Waals surface area contributed by atoms with E-state index in [4.69, 9.17) is 14.8 Å². The molecular weight excluding hydrogens is 160 g/mol. The van der Waals surface area contributed by atoms with E-state index in [1.807, 2.05) is 0 Å². The summed E-state index contributed by atoms with van der Waals surface area (Å²) >= 11 is 0. The van der Waals surface area contributed by atoms with Gasteiger partial charge in [0, 0.05) is 0 Å². The molecule has 0 aromatic carbocycles. The van der Waals surface area contributed by atoms with Crippen molar-refractivity contribution in [3.8, 4) is 0 Å². The molecule has 10 heavy (non-hydrogen) atoms. The fourth-order valence-electron chi connectivity index (χ4n) is 0.439. The average Bonchev–Trinajstić information content (AvgIpc) is 1.60. The van der Waals surface area contributed by atoms with E-state index in [9.17, 15) is 8.42 Å². The van der Waals surface area contributed by atoms with Crippen LogP contribution in [-0.4, -0.2) is 41.1 Å². The van der Waals surface area contributed by atoms with Crippen LogP contribution in [0.5, 0.6) is 0 Å². The molecular formula is C4H10O5S. The number of hydrogen-bond donors (Lipinski definition) is 3. The van der Waals surface area contributed by atoms with Gasteiger partial charge in [-0.25, -0.2) is 0 Å². The van der Waals surface area contributed by atoms with Gasteiger partial charge in [-0.3, -0.25) is 4.55 Å². The summed E-state index contributed by atoms with van der Waals surface area (Å²) in [5.41, 5.74) is -1.76. The molecule has 0 fully saturated rings. The highest BCUT2D eigenvalue weighted by molar-refractivity contribution is 7.85. The van der Waals surface area contributed by atoms with Crippen molar-refractivity contribution in [1.82, 2.24) is 0 Å². The standard InChI is InChI=1S/C4H10O5S/c1-4(6,2-5)3-10(7,8)9/h5-6H,2-3H2,1H3,(H,7,8,9). The van der Waals surface area contributed by atoms with Crippen LogP contribution in [0.4, 0.5) is 0 Å². The minimum Gasteiger partial charge on any atom is -0.393 e. The summed E-state index contributed by atoms with van der Waals surface area (Å²) in [5, 5.41) is 17.2. The van der Waals surface area contributed by atoms with Crippen LogP contribution < -0.4 is 0 Å². The topological polar surface area (TPSA) is 94.8 Å². The number of aliphatic hydroxyl groups excluding tert-OH is 1. The largest absolute Gasteiger partial charge is 0.393 e. The van der Waals surface area contributed by atoms with Gasteiger partial charge in [-0.1, -0.05) is 0 Å². The Kier molecular flexibility index (Phi) is 2.78. The Morgan fingerprint density at radius 3 is 2.00 bits per heavy atom. The van der Waals surface area contributed by atoms with Crippen molar-refractivity contribution in [2.24, 2.45) is 0 Å².